The molecule has 1 aromatic carbocycles. The lowest BCUT2D eigenvalue weighted by Crippen LogP contribution is -2.30. The van der Waals surface area contributed by atoms with Gasteiger partial charge in [0.25, 0.3) is 0 Å². The van der Waals surface area contributed by atoms with E-state index in [1.807, 2.05) is 6.07 Å². The van der Waals surface area contributed by atoms with Crippen LogP contribution in [-0.4, -0.2) is 13.1 Å². The van der Waals surface area contributed by atoms with Gasteiger partial charge in [-0.2, -0.15) is 0 Å². The first kappa shape index (κ1) is 9.85. The highest BCUT2D eigenvalue weighted by molar-refractivity contribution is 6.31. The zero-order chi connectivity index (χ0) is 9.97. The van der Waals surface area contributed by atoms with Gasteiger partial charge >= 0.3 is 0 Å². The summed E-state index contributed by atoms with van der Waals surface area (Å²) in [5.74, 6) is 0. The predicted molar refractivity (Wildman–Crippen MR) is 62.3 cm³/mol. The van der Waals surface area contributed by atoms with Crippen molar-refractivity contribution in [1.82, 2.24) is 0 Å². The molecule has 0 N–H and O–H groups in total. The van der Waals surface area contributed by atoms with Crippen molar-refractivity contribution in [3.05, 3.63) is 28.8 Å². The molecule has 76 valence electrons. The average Bonchev–Trinajstić information content (AvgIpc) is 2.20. The Morgan fingerprint density at radius 2 is 2.29 bits per heavy atom. The van der Waals surface area contributed by atoms with Crippen molar-refractivity contribution in [3.63, 3.8) is 0 Å². The van der Waals surface area contributed by atoms with E-state index in [-0.39, 0.29) is 0 Å². The average molecular weight is 210 g/mol. The summed E-state index contributed by atoms with van der Waals surface area (Å²) in [6.45, 7) is 4.55. The molecule has 14 heavy (non-hydrogen) atoms. The molecule has 1 nitrogen and oxygen atoms in total. The second-order valence-electron chi connectivity index (χ2n) is 3.83. The molecular weight excluding hydrogens is 194 g/mol. The molecule has 0 saturated carbocycles. The van der Waals surface area contributed by atoms with Crippen LogP contribution in [0, 0.1) is 0 Å². The molecule has 0 spiro atoms. The smallest absolute Gasteiger partial charge is 0.0458 e. The standard InChI is InChI=1S/C12H16ClN/c1-2-8-14-9-4-5-10-11(13)6-3-7-12(10)14/h3,6-7H,2,4-5,8-9H2,1H3. The summed E-state index contributed by atoms with van der Waals surface area (Å²) in [4.78, 5) is 2.45. The van der Waals surface area contributed by atoms with E-state index in [1.165, 1.54) is 30.6 Å². The minimum Gasteiger partial charge on any atom is -0.371 e. The van der Waals surface area contributed by atoms with E-state index in [4.69, 9.17) is 11.6 Å². The number of fused-ring (bicyclic) bond motifs is 1. The van der Waals surface area contributed by atoms with Crippen molar-refractivity contribution in [2.75, 3.05) is 18.0 Å². The number of halogens is 1. The fourth-order valence-electron chi connectivity index (χ4n) is 2.16. The fraction of sp³-hybridized carbons (Fsp3) is 0.500. The van der Waals surface area contributed by atoms with Crippen LogP contribution in [0.3, 0.4) is 0 Å². The van der Waals surface area contributed by atoms with Crippen molar-refractivity contribution < 1.29 is 0 Å². The first-order valence-corrected chi connectivity index (χ1v) is 5.73. The second kappa shape index (κ2) is 4.22. The first-order chi connectivity index (χ1) is 6.83. The number of nitrogens with zero attached hydrogens (tertiary/aromatic N) is 1. The quantitative estimate of drug-likeness (QED) is 0.721. The Kier molecular flexibility index (Phi) is 2.97. The van der Waals surface area contributed by atoms with Gasteiger partial charge in [-0.25, -0.2) is 0 Å². The van der Waals surface area contributed by atoms with Crippen molar-refractivity contribution in [2.45, 2.75) is 26.2 Å². The lowest BCUT2D eigenvalue weighted by Gasteiger charge is -2.31. The molecule has 0 aliphatic carbocycles. The van der Waals surface area contributed by atoms with Crippen molar-refractivity contribution >= 4 is 17.3 Å². The van der Waals surface area contributed by atoms with Crippen LogP contribution in [0.2, 0.25) is 5.02 Å². The summed E-state index contributed by atoms with van der Waals surface area (Å²) in [6, 6.07) is 6.24. The van der Waals surface area contributed by atoms with Gasteiger partial charge < -0.3 is 4.90 Å². The third-order valence-electron chi connectivity index (χ3n) is 2.78. The van der Waals surface area contributed by atoms with E-state index >= 15 is 0 Å². The maximum absolute atomic E-state index is 6.18. The van der Waals surface area contributed by atoms with E-state index in [2.05, 4.69) is 24.0 Å². The zero-order valence-corrected chi connectivity index (χ0v) is 9.35. The van der Waals surface area contributed by atoms with Gasteiger partial charge in [0.1, 0.15) is 0 Å². The van der Waals surface area contributed by atoms with E-state index in [1.54, 1.807) is 0 Å². The van der Waals surface area contributed by atoms with Crippen molar-refractivity contribution in [3.8, 4) is 0 Å². The van der Waals surface area contributed by atoms with Crippen molar-refractivity contribution in [1.29, 1.82) is 0 Å². The summed E-state index contributed by atoms with van der Waals surface area (Å²) < 4.78 is 0. The third kappa shape index (κ3) is 1.74. The molecule has 1 aliphatic rings. The van der Waals surface area contributed by atoms with Crippen LogP contribution in [0.15, 0.2) is 18.2 Å². The molecule has 1 aromatic rings. The lowest BCUT2D eigenvalue weighted by atomic mass is 10.0. The van der Waals surface area contributed by atoms with Gasteiger partial charge in [-0.05, 0) is 37.0 Å². The molecule has 0 fully saturated rings. The van der Waals surface area contributed by atoms with Crippen molar-refractivity contribution in [2.24, 2.45) is 0 Å². The molecule has 1 aliphatic heterocycles. The Morgan fingerprint density at radius 3 is 3.07 bits per heavy atom. The molecule has 0 unspecified atom stereocenters. The van der Waals surface area contributed by atoms with Gasteiger partial charge in [-0.15, -0.1) is 0 Å². The molecule has 0 saturated heterocycles. The van der Waals surface area contributed by atoms with Crippen LogP contribution in [0.5, 0.6) is 0 Å². The van der Waals surface area contributed by atoms with Crippen LogP contribution >= 0.6 is 11.6 Å². The molecule has 1 heterocycles. The first-order valence-electron chi connectivity index (χ1n) is 5.35. The Balaban J connectivity index is 2.34. The van der Waals surface area contributed by atoms with E-state index in [0.29, 0.717) is 0 Å². The zero-order valence-electron chi connectivity index (χ0n) is 8.59. The van der Waals surface area contributed by atoms with Crippen LogP contribution in [0.25, 0.3) is 0 Å². The fourth-order valence-corrected chi connectivity index (χ4v) is 2.42. The normalized spacial score (nSPS) is 15.4. The minimum absolute atomic E-state index is 0.934. The number of anilines is 1. The van der Waals surface area contributed by atoms with Gasteiger partial charge in [-0.3, -0.25) is 0 Å². The van der Waals surface area contributed by atoms with Crippen LogP contribution in [-0.2, 0) is 6.42 Å². The van der Waals surface area contributed by atoms with Crippen LogP contribution in [0.4, 0.5) is 5.69 Å². The maximum atomic E-state index is 6.18. The molecule has 0 radical (unpaired) electrons. The SMILES string of the molecule is CCCN1CCCc2c(Cl)cccc21. The summed E-state index contributed by atoms with van der Waals surface area (Å²) in [5.41, 5.74) is 2.69. The second-order valence-corrected chi connectivity index (χ2v) is 4.24. The van der Waals surface area contributed by atoms with Gasteiger partial charge in [0.15, 0.2) is 0 Å². The van der Waals surface area contributed by atoms with Gasteiger partial charge in [0.2, 0.25) is 0 Å². The predicted octanol–water partition coefficient (Wildman–Crippen LogP) is 3.50. The summed E-state index contributed by atoms with van der Waals surface area (Å²) in [6.07, 6.45) is 3.57. The monoisotopic (exact) mass is 209 g/mol. The van der Waals surface area contributed by atoms with E-state index in [9.17, 15) is 0 Å². The number of hydrogen-bond donors (Lipinski definition) is 0. The number of hydrogen-bond acceptors (Lipinski definition) is 1. The highest BCUT2D eigenvalue weighted by atomic mass is 35.5. The summed E-state index contributed by atoms with van der Waals surface area (Å²) in [5, 5.41) is 0.934. The molecule has 0 atom stereocenters. The molecule has 2 heteroatoms. The minimum atomic E-state index is 0.934. The third-order valence-corrected chi connectivity index (χ3v) is 3.14. The number of benzene rings is 1. The summed E-state index contributed by atoms with van der Waals surface area (Å²) >= 11 is 6.18. The van der Waals surface area contributed by atoms with E-state index in [0.717, 1.165) is 18.0 Å². The maximum Gasteiger partial charge on any atom is 0.0458 e. The Bertz CT molecular complexity index is 322. The highest BCUT2D eigenvalue weighted by Crippen LogP contribution is 2.32. The molecule has 0 aromatic heterocycles. The van der Waals surface area contributed by atoms with Gasteiger partial charge in [0, 0.05) is 23.8 Å². The largest absolute Gasteiger partial charge is 0.371 e. The molecule has 0 bridgehead atoms. The van der Waals surface area contributed by atoms with Crippen LogP contribution in [0.1, 0.15) is 25.3 Å². The van der Waals surface area contributed by atoms with Crippen LogP contribution < -0.4 is 4.90 Å². The topological polar surface area (TPSA) is 3.24 Å². The molecule has 0 amide bonds. The van der Waals surface area contributed by atoms with E-state index < -0.39 is 0 Å². The highest BCUT2D eigenvalue weighted by Gasteiger charge is 2.17. The van der Waals surface area contributed by atoms with Gasteiger partial charge in [0.05, 0.1) is 0 Å². The number of rotatable bonds is 2. The summed E-state index contributed by atoms with van der Waals surface area (Å²) in [7, 11) is 0. The lowest BCUT2D eigenvalue weighted by molar-refractivity contribution is 0.681. The van der Waals surface area contributed by atoms with Gasteiger partial charge in [-0.1, -0.05) is 24.6 Å². The Labute approximate surface area is 90.7 Å². The molecule has 2 rings (SSSR count). The Morgan fingerprint density at radius 1 is 1.43 bits per heavy atom. The Hall–Kier alpha value is -0.690. The molecular formula is C12H16ClN.